The molecule has 22 heavy (non-hydrogen) atoms. The van der Waals surface area contributed by atoms with Crippen LogP contribution in [0.2, 0.25) is 0 Å². The number of hydrogen-bond donors (Lipinski definition) is 0. The molecule has 0 fully saturated rings. The van der Waals surface area contributed by atoms with E-state index in [0.29, 0.717) is 17.3 Å². The smallest absolute Gasteiger partial charge is 0.268 e. The SMILES string of the molecule is C[N+](C)(C)CCOP(=O)([O-])OCC(CO/C=C\F)O/C=C\F.[HH].[HH]. The van der Waals surface area contributed by atoms with Crippen molar-refractivity contribution in [2.24, 2.45) is 0 Å². The van der Waals surface area contributed by atoms with E-state index in [1.54, 1.807) is 0 Å². The third-order valence-corrected chi connectivity index (χ3v) is 3.15. The molecule has 0 N–H and O–H groups in total. The molecule has 0 aliphatic rings. The number of halogens is 2. The van der Waals surface area contributed by atoms with Crippen molar-refractivity contribution >= 4 is 7.82 Å². The Morgan fingerprint density at radius 3 is 2.36 bits per heavy atom. The molecule has 0 aromatic carbocycles. The Morgan fingerprint density at radius 1 is 1.18 bits per heavy atom. The number of phosphoric ester groups is 1. The molecule has 0 rings (SSSR count). The summed E-state index contributed by atoms with van der Waals surface area (Å²) in [6.45, 7) is -0.273. The fourth-order valence-corrected chi connectivity index (χ4v) is 1.83. The number of rotatable bonds is 12. The quantitative estimate of drug-likeness (QED) is 0.305. The van der Waals surface area contributed by atoms with Crippen LogP contribution in [0, 0.1) is 0 Å². The lowest BCUT2D eigenvalue weighted by Crippen LogP contribution is -2.37. The van der Waals surface area contributed by atoms with E-state index >= 15 is 0 Å². The van der Waals surface area contributed by atoms with Crippen molar-refractivity contribution < 1.29 is 44.1 Å². The van der Waals surface area contributed by atoms with E-state index in [-0.39, 0.29) is 28.7 Å². The highest BCUT2D eigenvalue weighted by Crippen LogP contribution is 2.38. The zero-order valence-electron chi connectivity index (χ0n) is 12.8. The predicted octanol–water partition coefficient (Wildman–Crippen LogP) is 1.97. The standard InChI is InChI=1S/C12H22F2NO6P.2H2/c1-15(2,3)6-9-20-22(16,17)21-11-12(19-8-5-14)10-18-7-4-13;;/h4-5,7-8,12H,6,9-11H2,1-3H3;2*1H/b7-4-,8-5-;;. The first-order chi connectivity index (χ1) is 10.2. The van der Waals surface area contributed by atoms with Gasteiger partial charge in [-0.1, -0.05) is 0 Å². The Balaban J connectivity index is -0.00000220. The van der Waals surface area contributed by atoms with Crippen molar-refractivity contribution in [3.8, 4) is 0 Å². The van der Waals surface area contributed by atoms with Gasteiger partial charge >= 0.3 is 0 Å². The topological polar surface area (TPSA) is 77.1 Å². The lowest BCUT2D eigenvalue weighted by molar-refractivity contribution is -0.870. The highest BCUT2D eigenvalue weighted by molar-refractivity contribution is 7.45. The number of likely N-dealkylation sites (N-methyl/N-ethyl adjacent to an activating group) is 1. The van der Waals surface area contributed by atoms with Gasteiger partial charge in [0.1, 0.15) is 44.9 Å². The first-order valence-corrected chi connectivity index (χ1v) is 7.84. The molecule has 0 radical (unpaired) electrons. The molecule has 2 atom stereocenters. The second-order valence-electron chi connectivity index (χ2n) is 5.21. The number of quaternary nitrogens is 1. The molecule has 0 bridgehead atoms. The van der Waals surface area contributed by atoms with E-state index in [1.165, 1.54) is 0 Å². The normalized spacial score (nSPS) is 16.8. The van der Waals surface area contributed by atoms with Crippen LogP contribution in [0.5, 0.6) is 0 Å². The van der Waals surface area contributed by atoms with Gasteiger partial charge in [-0.2, -0.15) is 0 Å². The van der Waals surface area contributed by atoms with Gasteiger partial charge in [-0.05, 0) is 0 Å². The Kier molecular flexibility index (Phi) is 10.2. The van der Waals surface area contributed by atoms with Crippen LogP contribution in [0.3, 0.4) is 0 Å². The molecule has 0 aromatic rings. The fourth-order valence-electron chi connectivity index (χ4n) is 1.10. The Labute approximate surface area is 131 Å². The summed E-state index contributed by atoms with van der Waals surface area (Å²) >= 11 is 0. The van der Waals surface area contributed by atoms with Crippen LogP contribution in [0.15, 0.2) is 25.2 Å². The second kappa shape index (κ2) is 10.7. The Hall–Kier alpha value is -0.990. The van der Waals surface area contributed by atoms with E-state index in [1.807, 2.05) is 21.1 Å². The van der Waals surface area contributed by atoms with E-state index in [2.05, 4.69) is 13.8 Å². The van der Waals surface area contributed by atoms with Gasteiger partial charge in [0.15, 0.2) is 6.10 Å². The number of phosphoric acid groups is 1. The predicted molar refractivity (Wildman–Crippen MR) is 78.0 cm³/mol. The molecule has 0 amide bonds. The molecule has 0 aromatic heterocycles. The molecule has 7 nitrogen and oxygen atoms in total. The minimum atomic E-state index is -4.51. The van der Waals surface area contributed by atoms with E-state index in [0.717, 1.165) is 6.26 Å². The van der Waals surface area contributed by atoms with Crippen LogP contribution >= 0.6 is 7.82 Å². The highest BCUT2D eigenvalue weighted by atomic mass is 31.2. The molecule has 0 saturated heterocycles. The van der Waals surface area contributed by atoms with E-state index in [9.17, 15) is 18.2 Å². The Morgan fingerprint density at radius 2 is 1.82 bits per heavy atom. The number of nitrogens with zero attached hydrogens (tertiary/aromatic N) is 1. The summed E-state index contributed by atoms with van der Waals surface area (Å²) in [6.07, 6.45) is 0.753. The largest absolute Gasteiger partial charge is 0.756 e. The van der Waals surface area contributed by atoms with Crippen LogP contribution in [-0.2, 0) is 23.1 Å². The summed E-state index contributed by atoms with van der Waals surface area (Å²) in [5.74, 6) is 0. The van der Waals surface area contributed by atoms with Crippen LogP contribution in [0.25, 0.3) is 0 Å². The molecule has 134 valence electrons. The van der Waals surface area contributed by atoms with Gasteiger partial charge in [0.25, 0.3) is 7.82 Å². The third kappa shape index (κ3) is 12.7. The molecule has 0 spiro atoms. The van der Waals surface area contributed by atoms with E-state index in [4.69, 9.17) is 4.74 Å². The van der Waals surface area contributed by atoms with E-state index < -0.39 is 20.5 Å². The van der Waals surface area contributed by atoms with Gasteiger partial charge in [-0.25, -0.2) is 8.78 Å². The molecule has 0 aliphatic carbocycles. The van der Waals surface area contributed by atoms with Crippen LogP contribution in [0.1, 0.15) is 2.85 Å². The average molecular weight is 349 g/mol. The van der Waals surface area contributed by atoms with Crippen molar-refractivity contribution in [1.29, 1.82) is 0 Å². The summed E-state index contributed by atoms with van der Waals surface area (Å²) in [7, 11) is 1.12. The van der Waals surface area contributed by atoms with Gasteiger partial charge in [-0.3, -0.25) is 4.57 Å². The lowest BCUT2D eigenvalue weighted by Gasteiger charge is -2.28. The molecule has 0 saturated carbocycles. The van der Waals surface area contributed by atoms with Crippen molar-refractivity contribution in [2.75, 3.05) is 47.5 Å². The van der Waals surface area contributed by atoms with Gasteiger partial charge in [-0.15, -0.1) is 0 Å². The maximum Gasteiger partial charge on any atom is 0.268 e. The minimum Gasteiger partial charge on any atom is -0.756 e. The first kappa shape index (κ1) is 21.0. The van der Waals surface area contributed by atoms with Crippen molar-refractivity contribution in [2.45, 2.75) is 6.10 Å². The fraction of sp³-hybridized carbons (Fsp3) is 0.667. The number of ether oxygens (including phenoxy) is 2. The van der Waals surface area contributed by atoms with Gasteiger partial charge in [0, 0.05) is 2.85 Å². The molecule has 2 unspecified atom stereocenters. The maximum atomic E-state index is 11.9. The van der Waals surface area contributed by atoms with Crippen molar-refractivity contribution in [3.63, 3.8) is 0 Å². The van der Waals surface area contributed by atoms with Gasteiger partial charge < -0.3 is 27.9 Å². The second-order valence-corrected chi connectivity index (χ2v) is 6.62. The van der Waals surface area contributed by atoms with Gasteiger partial charge in [0.2, 0.25) is 0 Å². The molecule has 0 heterocycles. The molecular formula is C12H26F2NO6P. The van der Waals surface area contributed by atoms with Crippen LogP contribution in [0.4, 0.5) is 8.78 Å². The van der Waals surface area contributed by atoms with Crippen LogP contribution in [-0.4, -0.2) is 58.1 Å². The monoisotopic (exact) mass is 349 g/mol. The number of hydrogen-bond acceptors (Lipinski definition) is 6. The zero-order chi connectivity index (χ0) is 17.1. The van der Waals surface area contributed by atoms with Crippen molar-refractivity contribution in [3.05, 3.63) is 25.2 Å². The maximum absolute atomic E-state index is 11.9. The Bertz CT molecular complexity index is 409. The summed E-state index contributed by atoms with van der Waals surface area (Å²) < 4.78 is 54.5. The molecule has 10 heteroatoms. The lowest BCUT2D eigenvalue weighted by atomic mass is 10.4. The third-order valence-electron chi connectivity index (χ3n) is 2.18. The van der Waals surface area contributed by atoms with Crippen molar-refractivity contribution in [1.82, 2.24) is 0 Å². The average Bonchev–Trinajstić information content (AvgIpc) is 2.39. The summed E-state index contributed by atoms with van der Waals surface area (Å²) in [5.41, 5.74) is 0. The van der Waals surface area contributed by atoms with Gasteiger partial charge in [0.05, 0.1) is 27.7 Å². The summed E-state index contributed by atoms with van der Waals surface area (Å²) in [4.78, 5) is 11.5. The molecular weight excluding hydrogens is 323 g/mol. The zero-order valence-corrected chi connectivity index (χ0v) is 13.7. The molecule has 0 aliphatic heterocycles. The van der Waals surface area contributed by atoms with Crippen LogP contribution < -0.4 is 4.89 Å². The summed E-state index contributed by atoms with van der Waals surface area (Å²) in [6, 6.07) is 0. The summed E-state index contributed by atoms with van der Waals surface area (Å²) in [5, 5.41) is 0. The highest BCUT2D eigenvalue weighted by Gasteiger charge is 2.17. The first-order valence-electron chi connectivity index (χ1n) is 6.38. The minimum absolute atomic E-state index is 0.